The van der Waals surface area contributed by atoms with Crippen molar-refractivity contribution in [2.24, 2.45) is 0 Å². The molecule has 0 spiro atoms. The molecule has 0 unspecified atom stereocenters. The first kappa shape index (κ1) is 12.5. The van der Waals surface area contributed by atoms with Crippen LogP contribution in [0.3, 0.4) is 0 Å². The zero-order chi connectivity index (χ0) is 13.4. The average Bonchev–Trinajstić information content (AvgIpc) is 2.94. The number of hydrogen-bond acceptors (Lipinski definition) is 5. The molecule has 0 radical (unpaired) electrons. The molecule has 1 N–H and O–H groups in total. The third-order valence-corrected chi connectivity index (χ3v) is 4.89. The van der Waals surface area contributed by atoms with Crippen molar-refractivity contribution in [3.8, 4) is 0 Å². The maximum Gasteiger partial charge on any atom is 0.269 e. The largest absolute Gasteiger partial charge is 0.296 e. The van der Waals surface area contributed by atoms with Gasteiger partial charge in [0.15, 0.2) is 0 Å². The van der Waals surface area contributed by atoms with Gasteiger partial charge >= 0.3 is 0 Å². The highest BCUT2D eigenvalue weighted by Gasteiger charge is 2.17. The molecule has 0 aliphatic rings. The maximum absolute atomic E-state index is 12.2. The van der Waals surface area contributed by atoms with Crippen molar-refractivity contribution in [1.29, 1.82) is 0 Å². The zero-order valence-corrected chi connectivity index (χ0v) is 12.2. The molecule has 0 aliphatic carbocycles. The molecule has 1 aromatic carbocycles. The van der Waals surface area contributed by atoms with Crippen LogP contribution in [0.5, 0.6) is 0 Å². The van der Waals surface area contributed by atoms with Crippen molar-refractivity contribution >= 4 is 55.6 Å². The van der Waals surface area contributed by atoms with Crippen LogP contribution in [0.2, 0.25) is 5.02 Å². The quantitative estimate of drug-likeness (QED) is 0.779. The summed E-state index contributed by atoms with van der Waals surface area (Å²) >= 11 is 8.76. The molecule has 19 heavy (non-hydrogen) atoms. The molecule has 2 aromatic heterocycles. The molecule has 0 saturated carbocycles. The minimum Gasteiger partial charge on any atom is -0.296 e. The Labute approximate surface area is 122 Å². The Balaban J connectivity index is 1.95. The van der Waals surface area contributed by atoms with Crippen molar-refractivity contribution in [3.05, 3.63) is 40.0 Å². The third-order valence-electron chi connectivity index (χ3n) is 2.49. The number of thiophene rings is 1. The number of nitrogens with zero attached hydrogens (tertiary/aromatic N) is 2. The first-order valence-electron chi connectivity index (χ1n) is 5.44. The van der Waals surface area contributed by atoms with Gasteiger partial charge in [-0.3, -0.25) is 10.1 Å². The number of halogens is 1. The molecule has 4 nitrogen and oxygen atoms in total. The van der Waals surface area contributed by atoms with E-state index in [1.165, 1.54) is 11.3 Å². The Morgan fingerprint density at radius 1 is 1.37 bits per heavy atom. The van der Waals surface area contributed by atoms with Gasteiger partial charge in [0, 0.05) is 21.6 Å². The lowest BCUT2D eigenvalue weighted by Gasteiger charge is -1.98. The molecule has 7 heteroatoms. The van der Waals surface area contributed by atoms with Crippen LogP contribution in [0.25, 0.3) is 10.1 Å². The van der Waals surface area contributed by atoms with Crippen LogP contribution in [0.1, 0.15) is 15.5 Å². The van der Waals surface area contributed by atoms with Gasteiger partial charge in [0.2, 0.25) is 5.13 Å². The number of anilines is 1. The molecule has 2 heterocycles. The molecular formula is C12H8ClN3OS2. The van der Waals surface area contributed by atoms with Gasteiger partial charge in [0.05, 0.1) is 5.02 Å². The number of nitrogens with one attached hydrogen (secondary N) is 1. The van der Waals surface area contributed by atoms with E-state index < -0.39 is 0 Å². The summed E-state index contributed by atoms with van der Waals surface area (Å²) in [4.78, 5) is 16.8. The Hall–Kier alpha value is -1.50. The van der Waals surface area contributed by atoms with E-state index in [1.807, 2.05) is 24.3 Å². The highest BCUT2D eigenvalue weighted by molar-refractivity contribution is 7.21. The van der Waals surface area contributed by atoms with E-state index in [2.05, 4.69) is 14.7 Å². The molecule has 0 atom stereocenters. The predicted octanol–water partition coefficient (Wildman–Crippen LogP) is 3.97. The van der Waals surface area contributed by atoms with Crippen molar-refractivity contribution < 1.29 is 4.79 Å². The summed E-state index contributed by atoms with van der Waals surface area (Å²) < 4.78 is 5.01. The van der Waals surface area contributed by atoms with Crippen LogP contribution in [-0.4, -0.2) is 15.3 Å². The normalized spacial score (nSPS) is 10.8. The van der Waals surface area contributed by atoms with E-state index in [9.17, 15) is 4.79 Å². The predicted molar refractivity (Wildman–Crippen MR) is 79.4 cm³/mol. The lowest BCUT2D eigenvalue weighted by atomic mass is 10.2. The lowest BCUT2D eigenvalue weighted by Crippen LogP contribution is -2.10. The van der Waals surface area contributed by atoms with Crippen LogP contribution in [0.4, 0.5) is 5.13 Å². The van der Waals surface area contributed by atoms with Crippen molar-refractivity contribution in [1.82, 2.24) is 9.36 Å². The molecule has 3 aromatic rings. The fraction of sp³-hybridized carbons (Fsp3) is 0.0833. The Morgan fingerprint density at radius 3 is 2.84 bits per heavy atom. The lowest BCUT2D eigenvalue weighted by molar-refractivity contribution is 0.103. The van der Waals surface area contributed by atoms with Crippen molar-refractivity contribution in [3.63, 3.8) is 0 Å². The number of hydrogen-bond donors (Lipinski definition) is 1. The molecule has 0 aliphatic heterocycles. The summed E-state index contributed by atoms with van der Waals surface area (Å²) in [5.41, 5.74) is 0. The Kier molecular flexibility index (Phi) is 3.22. The number of amides is 1. The number of aromatic nitrogens is 2. The summed E-state index contributed by atoms with van der Waals surface area (Å²) in [7, 11) is 0. The molecule has 96 valence electrons. The number of benzene rings is 1. The van der Waals surface area contributed by atoms with Crippen LogP contribution in [-0.2, 0) is 0 Å². The highest BCUT2D eigenvalue weighted by atomic mass is 35.5. The minimum atomic E-state index is -0.248. The highest BCUT2D eigenvalue weighted by Crippen LogP contribution is 2.35. The minimum absolute atomic E-state index is 0.248. The van der Waals surface area contributed by atoms with Crippen molar-refractivity contribution in [2.45, 2.75) is 6.92 Å². The van der Waals surface area contributed by atoms with Gasteiger partial charge in [-0.1, -0.05) is 29.8 Å². The second kappa shape index (κ2) is 4.88. The topological polar surface area (TPSA) is 54.9 Å². The fourth-order valence-corrected chi connectivity index (χ4v) is 3.64. The van der Waals surface area contributed by atoms with Crippen LogP contribution in [0, 0.1) is 6.92 Å². The molecular weight excluding hydrogens is 302 g/mol. The smallest absolute Gasteiger partial charge is 0.269 e. The fourth-order valence-electron chi connectivity index (χ4n) is 1.66. The van der Waals surface area contributed by atoms with Gasteiger partial charge in [0.1, 0.15) is 10.7 Å². The van der Waals surface area contributed by atoms with Gasteiger partial charge in [-0.25, -0.2) is 4.98 Å². The van der Waals surface area contributed by atoms with Crippen LogP contribution >= 0.6 is 34.5 Å². The van der Waals surface area contributed by atoms with Gasteiger partial charge in [0.25, 0.3) is 5.91 Å². The average molecular weight is 310 g/mol. The first-order chi connectivity index (χ1) is 9.15. The van der Waals surface area contributed by atoms with Crippen LogP contribution in [0.15, 0.2) is 24.3 Å². The molecule has 1 amide bonds. The number of carbonyl (C=O) groups is 1. The monoisotopic (exact) mass is 309 g/mol. The van der Waals surface area contributed by atoms with E-state index in [1.54, 1.807) is 6.92 Å². The Bertz CT molecular complexity index is 765. The van der Waals surface area contributed by atoms with Crippen molar-refractivity contribution in [2.75, 3.05) is 5.32 Å². The molecule has 3 rings (SSSR count). The number of rotatable bonds is 2. The summed E-state index contributed by atoms with van der Waals surface area (Å²) in [5.74, 6) is 0.394. The Morgan fingerprint density at radius 2 is 2.16 bits per heavy atom. The van der Waals surface area contributed by atoms with E-state index in [0.717, 1.165) is 21.6 Å². The first-order valence-corrected chi connectivity index (χ1v) is 7.40. The van der Waals surface area contributed by atoms with Crippen LogP contribution < -0.4 is 5.32 Å². The standard InChI is InChI=1S/C12H8ClN3OS2/c1-6-14-12(19-16-6)15-11(17)10-9(13)7-4-2-3-5-8(7)18-10/h2-5H,1H3,(H,14,15,16,17). The number of aryl methyl sites for hydroxylation is 1. The van der Waals surface area contributed by atoms with E-state index in [0.29, 0.717) is 20.9 Å². The molecule has 0 bridgehead atoms. The van der Waals surface area contributed by atoms with E-state index in [4.69, 9.17) is 11.6 Å². The second-order valence-corrected chi connectivity index (χ2v) is 6.02. The molecule has 0 fully saturated rings. The molecule has 0 saturated heterocycles. The second-order valence-electron chi connectivity index (χ2n) is 3.84. The van der Waals surface area contributed by atoms with Gasteiger partial charge in [-0.05, 0) is 13.0 Å². The summed E-state index contributed by atoms with van der Waals surface area (Å²) in [6.07, 6.45) is 0. The summed E-state index contributed by atoms with van der Waals surface area (Å²) in [5, 5.41) is 4.58. The van der Waals surface area contributed by atoms with E-state index in [-0.39, 0.29) is 5.91 Å². The summed E-state index contributed by atoms with van der Waals surface area (Å²) in [6.45, 7) is 1.78. The van der Waals surface area contributed by atoms with Gasteiger partial charge in [-0.15, -0.1) is 11.3 Å². The van der Waals surface area contributed by atoms with Gasteiger partial charge in [-0.2, -0.15) is 4.37 Å². The number of fused-ring (bicyclic) bond motifs is 1. The summed E-state index contributed by atoms with van der Waals surface area (Å²) in [6, 6.07) is 7.67. The zero-order valence-electron chi connectivity index (χ0n) is 9.81. The number of carbonyl (C=O) groups excluding carboxylic acids is 1. The van der Waals surface area contributed by atoms with Gasteiger partial charge < -0.3 is 0 Å². The van der Waals surface area contributed by atoms with E-state index >= 15 is 0 Å². The third kappa shape index (κ3) is 2.34. The maximum atomic E-state index is 12.2. The SMILES string of the molecule is Cc1nsc(NC(=O)c2sc3ccccc3c2Cl)n1.